The van der Waals surface area contributed by atoms with Crippen molar-refractivity contribution >= 4 is 29.6 Å². The van der Waals surface area contributed by atoms with Crippen molar-refractivity contribution in [3.8, 4) is 0 Å². The summed E-state index contributed by atoms with van der Waals surface area (Å²) in [5.74, 6) is 0.667. The van der Waals surface area contributed by atoms with E-state index >= 15 is 0 Å². The van der Waals surface area contributed by atoms with Gasteiger partial charge in [0.05, 0.1) is 6.54 Å². The fraction of sp³-hybridized carbons (Fsp3) is 0.611. The summed E-state index contributed by atoms with van der Waals surface area (Å²) in [5.41, 5.74) is 6.42. The van der Waals surface area contributed by atoms with Crippen molar-refractivity contribution < 1.29 is 19.0 Å². The molecule has 1 aromatic heterocycles. The predicted molar refractivity (Wildman–Crippen MR) is 99.8 cm³/mol. The van der Waals surface area contributed by atoms with Crippen LogP contribution >= 0.6 is 0 Å². The van der Waals surface area contributed by atoms with Crippen LogP contribution in [-0.4, -0.2) is 76.7 Å². The Kier molecular flexibility index (Phi) is 4.45. The number of primary amides is 1. The van der Waals surface area contributed by atoms with Crippen molar-refractivity contribution in [2.24, 2.45) is 16.6 Å². The van der Waals surface area contributed by atoms with Gasteiger partial charge in [0.2, 0.25) is 17.8 Å². The summed E-state index contributed by atoms with van der Waals surface area (Å²) in [5, 5.41) is 0. The van der Waals surface area contributed by atoms with E-state index in [9.17, 15) is 14.4 Å². The number of likely N-dealkylation sites (N-methyl/N-ethyl adjacent to an activating group) is 2. The van der Waals surface area contributed by atoms with E-state index in [1.54, 1.807) is 7.05 Å². The highest BCUT2D eigenvalue weighted by Gasteiger charge is 2.52. The van der Waals surface area contributed by atoms with Crippen LogP contribution in [0.4, 0.5) is 10.7 Å². The number of aryl methyl sites for hydroxylation is 1. The molecule has 4 heterocycles. The molecule has 1 atom stereocenters. The summed E-state index contributed by atoms with van der Waals surface area (Å²) in [4.78, 5) is 45.7. The van der Waals surface area contributed by atoms with Crippen molar-refractivity contribution in [2.75, 3.05) is 33.7 Å². The first-order chi connectivity index (χ1) is 13.3. The number of hydrogen-bond acceptors (Lipinski definition) is 5. The van der Waals surface area contributed by atoms with Gasteiger partial charge in [-0.1, -0.05) is 4.99 Å². The molecule has 2 saturated heterocycles. The number of imide groups is 1. The van der Waals surface area contributed by atoms with Crippen molar-refractivity contribution in [1.29, 1.82) is 0 Å². The quantitative estimate of drug-likeness (QED) is 0.694. The van der Waals surface area contributed by atoms with Crippen LogP contribution < -0.4 is 10.3 Å². The Labute approximate surface area is 163 Å². The number of fused-ring (bicyclic) bond motifs is 3. The number of likely N-dealkylation sites (tertiary alicyclic amines) is 1. The van der Waals surface area contributed by atoms with E-state index in [4.69, 9.17) is 5.73 Å². The number of hydrogen-bond donors (Lipinski definition) is 1. The van der Waals surface area contributed by atoms with Crippen molar-refractivity contribution in [2.45, 2.75) is 32.4 Å². The SMILES string of the molecule is Cc1c[n+]2c(n1CCN1CCC(C(N)=O)CC1)N=C1C2C(=O)N(C)C(=O)N1C. The molecule has 0 bridgehead atoms. The minimum absolute atomic E-state index is 0.0185. The van der Waals surface area contributed by atoms with Gasteiger partial charge in [-0.15, -0.1) is 0 Å². The van der Waals surface area contributed by atoms with Crippen LogP contribution in [0.15, 0.2) is 11.2 Å². The fourth-order valence-electron chi connectivity index (χ4n) is 4.27. The van der Waals surface area contributed by atoms with Crippen LogP contribution in [0.3, 0.4) is 0 Å². The monoisotopic (exact) mass is 388 g/mol. The molecule has 150 valence electrons. The number of amidine groups is 1. The number of nitrogens with zero attached hydrogens (tertiary/aromatic N) is 6. The van der Waals surface area contributed by atoms with Crippen LogP contribution in [-0.2, 0) is 16.1 Å². The van der Waals surface area contributed by atoms with Gasteiger partial charge in [-0.2, -0.15) is 0 Å². The molecule has 0 radical (unpaired) electrons. The van der Waals surface area contributed by atoms with Gasteiger partial charge in [0.15, 0.2) is 0 Å². The number of aromatic nitrogens is 2. The highest BCUT2D eigenvalue weighted by atomic mass is 16.2. The minimum Gasteiger partial charge on any atom is -0.369 e. The van der Waals surface area contributed by atoms with Crippen LogP contribution in [0, 0.1) is 12.8 Å². The molecule has 3 aliphatic rings. The third-order valence-electron chi connectivity index (χ3n) is 6.07. The maximum atomic E-state index is 12.7. The van der Waals surface area contributed by atoms with Crippen molar-refractivity contribution in [3.05, 3.63) is 11.9 Å². The molecule has 10 heteroatoms. The van der Waals surface area contributed by atoms with Crippen LogP contribution in [0.5, 0.6) is 0 Å². The van der Waals surface area contributed by atoms with Gasteiger partial charge in [-0.05, 0) is 32.9 Å². The second kappa shape index (κ2) is 6.69. The van der Waals surface area contributed by atoms with Gasteiger partial charge < -0.3 is 10.6 Å². The number of piperidine rings is 1. The topological polar surface area (TPSA) is 108 Å². The molecule has 1 unspecified atom stereocenters. The predicted octanol–water partition coefficient (Wildman–Crippen LogP) is -0.610. The van der Waals surface area contributed by atoms with Gasteiger partial charge in [0, 0.05) is 26.6 Å². The Morgan fingerprint density at radius 3 is 2.54 bits per heavy atom. The largest absolute Gasteiger partial charge is 0.401 e. The molecule has 4 amide bonds. The van der Waals surface area contributed by atoms with Crippen molar-refractivity contribution in [1.82, 2.24) is 19.3 Å². The Morgan fingerprint density at radius 2 is 1.89 bits per heavy atom. The second-order valence-corrected chi connectivity index (χ2v) is 7.76. The highest BCUT2D eigenvalue weighted by Crippen LogP contribution is 2.28. The van der Waals surface area contributed by atoms with Gasteiger partial charge in [-0.25, -0.2) is 13.9 Å². The number of urea groups is 1. The molecule has 3 aliphatic heterocycles. The Bertz CT molecular complexity index is 882. The first-order valence-electron chi connectivity index (χ1n) is 9.56. The molecule has 2 N–H and O–H groups in total. The van der Waals surface area contributed by atoms with Gasteiger partial charge in [-0.3, -0.25) is 19.4 Å². The number of carbonyl (C=O) groups excluding carboxylic acids is 3. The van der Waals surface area contributed by atoms with E-state index < -0.39 is 6.04 Å². The molecular formula is C18H26N7O3+. The number of carbonyl (C=O) groups is 3. The Balaban J connectivity index is 1.52. The third kappa shape index (κ3) is 2.79. The fourth-order valence-corrected chi connectivity index (χ4v) is 4.27. The Hall–Kier alpha value is -2.75. The zero-order valence-electron chi connectivity index (χ0n) is 16.5. The molecule has 28 heavy (non-hydrogen) atoms. The van der Waals surface area contributed by atoms with E-state index in [0.717, 1.165) is 49.6 Å². The lowest BCUT2D eigenvalue weighted by Crippen LogP contribution is -2.61. The third-order valence-corrected chi connectivity index (χ3v) is 6.07. The van der Waals surface area contributed by atoms with Crippen LogP contribution in [0.2, 0.25) is 0 Å². The zero-order valence-corrected chi connectivity index (χ0v) is 16.5. The number of imidazole rings is 1. The zero-order chi connectivity index (χ0) is 20.2. The first kappa shape index (κ1) is 18.6. The van der Waals surface area contributed by atoms with E-state index in [-0.39, 0.29) is 23.8 Å². The summed E-state index contributed by atoms with van der Waals surface area (Å²) in [6.07, 6.45) is 3.52. The Morgan fingerprint density at radius 1 is 1.21 bits per heavy atom. The molecule has 0 spiro atoms. The second-order valence-electron chi connectivity index (χ2n) is 7.76. The number of rotatable bonds is 4. The van der Waals surface area contributed by atoms with E-state index in [2.05, 4.69) is 14.5 Å². The summed E-state index contributed by atoms with van der Waals surface area (Å²) < 4.78 is 3.93. The summed E-state index contributed by atoms with van der Waals surface area (Å²) in [6.45, 7) is 5.24. The molecule has 0 saturated carbocycles. The van der Waals surface area contributed by atoms with E-state index in [0.29, 0.717) is 11.8 Å². The first-order valence-corrected chi connectivity index (χ1v) is 9.56. The number of aliphatic imine (C=N–C) groups is 1. The standard InChI is InChI=1S/C18H25N7O3/c1-11-10-25-13-15(21(2)18(28)22(3)16(13)27)20-17(25)24(11)9-8-23-6-4-12(5-7-23)14(19)26/h10,12-13H,4-9H2,1-3H3,(H-,19,26)/p+1. The van der Waals surface area contributed by atoms with E-state index in [1.165, 1.54) is 11.9 Å². The minimum atomic E-state index is -0.589. The lowest BCUT2D eigenvalue weighted by Gasteiger charge is -2.30. The molecule has 1 aromatic rings. The van der Waals surface area contributed by atoms with Crippen LogP contribution in [0.1, 0.15) is 24.6 Å². The number of nitrogens with two attached hydrogens (primary N) is 1. The molecule has 0 aliphatic carbocycles. The molecule has 0 aromatic carbocycles. The lowest BCUT2D eigenvalue weighted by atomic mass is 9.96. The van der Waals surface area contributed by atoms with E-state index in [1.807, 2.05) is 17.7 Å². The van der Waals surface area contributed by atoms with Crippen LogP contribution in [0.25, 0.3) is 0 Å². The smallest absolute Gasteiger partial charge is 0.369 e. The summed E-state index contributed by atoms with van der Waals surface area (Å²) in [6, 6.07) is -0.958. The molecular weight excluding hydrogens is 362 g/mol. The molecule has 10 nitrogen and oxygen atoms in total. The molecule has 4 rings (SSSR count). The summed E-state index contributed by atoms with van der Waals surface area (Å²) >= 11 is 0. The van der Waals surface area contributed by atoms with Crippen molar-refractivity contribution in [3.63, 3.8) is 0 Å². The normalized spacial score (nSPS) is 23.1. The van der Waals surface area contributed by atoms with Gasteiger partial charge in [0.25, 0.3) is 5.91 Å². The number of amides is 4. The van der Waals surface area contributed by atoms with Gasteiger partial charge in [0.1, 0.15) is 11.9 Å². The maximum Gasteiger partial charge on any atom is 0.401 e. The highest BCUT2D eigenvalue weighted by molar-refractivity contribution is 6.18. The average molecular weight is 388 g/mol. The maximum absolute atomic E-state index is 12.7. The lowest BCUT2D eigenvalue weighted by molar-refractivity contribution is -0.677. The summed E-state index contributed by atoms with van der Waals surface area (Å²) in [7, 11) is 3.14. The van der Waals surface area contributed by atoms with Gasteiger partial charge >= 0.3 is 12.0 Å². The molecule has 2 fully saturated rings. The average Bonchev–Trinajstić information content (AvgIpc) is 3.18.